The SMILES string of the molecule is CC[C@H](C(=O)N1CCN(C(=O)c2cc3n(n2)CCCC3)CC1)c1ccccc1. The summed E-state index contributed by atoms with van der Waals surface area (Å²) in [5.41, 5.74) is 2.78. The summed E-state index contributed by atoms with van der Waals surface area (Å²) in [6.45, 7) is 5.26. The fourth-order valence-electron chi connectivity index (χ4n) is 4.27. The molecule has 1 atom stereocenters. The Labute approximate surface area is 166 Å². The Morgan fingerprint density at radius 1 is 1.00 bits per heavy atom. The van der Waals surface area contributed by atoms with Crippen molar-refractivity contribution in [3.8, 4) is 0 Å². The van der Waals surface area contributed by atoms with Crippen LogP contribution in [0, 0.1) is 0 Å². The molecule has 2 aromatic rings. The third-order valence-corrected chi connectivity index (χ3v) is 5.92. The largest absolute Gasteiger partial charge is 0.339 e. The van der Waals surface area contributed by atoms with Gasteiger partial charge in [-0.05, 0) is 37.3 Å². The van der Waals surface area contributed by atoms with Crippen molar-refractivity contribution in [2.75, 3.05) is 26.2 Å². The number of piperazine rings is 1. The van der Waals surface area contributed by atoms with E-state index >= 15 is 0 Å². The van der Waals surface area contributed by atoms with E-state index in [1.807, 2.05) is 50.9 Å². The number of nitrogens with zero attached hydrogens (tertiary/aromatic N) is 4. The van der Waals surface area contributed by atoms with Gasteiger partial charge in [0.05, 0.1) is 5.92 Å². The van der Waals surface area contributed by atoms with Crippen LogP contribution in [0.4, 0.5) is 0 Å². The molecule has 1 aromatic heterocycles. The molecule has 0 unspecified atom stereocenters. The summed E-state index contributed by atoms with van der Waals surface area (Å²) in [6, 6.07) is 11.9. The minimum Gasteiger partial charge on any atom is -0.339 e. The number of benzene rings is 1. The second-order valence-electron chi connectivity index (χ2n) is 7.69. The van der Waals surface area contributed by atoms with E-state index in [0.717, 1.165) is 37.1 Å². The van der Waals surface area contributed by atoms with Crippen molar-refractivity contribution < 1.29 is 9.59 Å². The lowest BCUT2D eigenvalue weighted by Gasteiger charge is -2.36. The summed E-state index contributed by atoms with van der Waals surface area (Å²) in [4.78, 5) is 29.6. The zero-order valence-corrected chi connectivity index (χ0v) is 16.5. The highest BCUT2D eigenvalue weighted by molar-refractivity contribution is 5.92. The Hall–Kier alpha value is -2.63. The number of aromatic nitrogens is 2. The zero-order chi connectivity index (χ0) is 19.5. The van der Waals surface area contributed by atoms with Crippen molar-refractivity contribution in [1.82, 2.24) is 19.6 Å². The van der Waals surface area contributed by atoms with Crippen LogP contribution in [0.15, 0.2) is 36.4 Å². The molecule has 0 spiro atoms. The van der Waals surface area contributed by atoms with Crippen LogP contribution < -0.4 is 0 Å². The minimum atomic E-state index is -0.108. The van der Waals surface area contributed by atoms with Gasteiger partial charge in [0.25, 0.3) is 5.91 Å². The quantitative estimate of drug-likeness (QED) is 0.819. The Morgan fingerprint density at radius 2 is 1.71 bits per heavy atom. The number of aryl methyl sites for hydroxylation is 2. The van der Waals surface area contributed by atoms with Crippen molar-refractivity contribution in [2.45, 2.75) is 45.1 Å². The molecular weight excluding hydrogens is 352 g/mol. The lowest BCUT2D eigenvalue weighted by atomic mass is 9.95. The molecule has 0 radical (unpaired) electrons. The topological polar surface area (TPSA) is 58.4 Å². The van der Waals surface area contributed by atoms with Gasteiger partial charge in [0, 0.05) is 38.4 Å². The maximum atomic E-state index is 13.0. The molecule has 6 heteroatoms. The second kappa shape index (κ2) is 8.17. The first-order valence-corrected chi connectivity index (χ1v) is 10.4. The standard InChI is InChI=1S/C22H28N4O2/c1-2-19(17-8-4-3-5-9-17)21(27)24-12-14-25(15-13-24)22(28)20-16-18-10-6-7-11-26(18)23-20/h3-5,8-9,16,19H,2,6-7,10-15H2,1H3/t19-/m0/s1. The summed E-state index contributed by atoms with van der Waals surface area (Å²) in [7, 11) is 0. The molecule has 0 bridgehead atoms. The lowest BCUT2D eigenvalue weighted by Crippen LogP contribution is -2.51. The van der Waals surface area contributed by atoms with Crippen LogP contribution in [-0.4, -0.2) is 57.6 Å². The normalized spacial score (nSPS) is 17.9. The molecule has 2 amide bonds. The van der Waals surface area contributed by atoms with Gasteiger partial charge in [-0.15, -0.1) is 0 Å². The highest BCUT2D eigenvalue weighted by atomic mass is 16.2. The number of carbonyl (C=O) groups excluding carboxylic acids is 2. The maximum absolute atomic E-state index is 13.0. The molecule has 0 saturated carbocycles. The molecule has 4 rings (SSSR count). The highest BCUT2D eigenvalue weighted by Gasteiger charge is 2.30. The van der Waals surface area contributed by atoms with Gasteiger partial charge in [-0.2, -0.15) is 5.10 Å². The third kappa shape index (κ3) is 3.68. The number of hydrogen-bond acceptors (Lipinski definition) is 3. The minimum absolute atomic E-state index is 0.0101. The fourth-order valence-corrected chi connectivity index (χ4v) is 4.27. The van der Waals surface area contributed by atoms with Crippen molar-refractivity contribution in [1.29, 1.82) is 0 Å². The molecule has 1 fully saturated rings. The van der Waals surface area contributed by atoms with E-state index in [4.69, 9.17) is 0 Å². The number of fused-ring (bicyclic) bond motifs is 1. The average Bonchev–Trinajstić information content (AvgIpc) is 3.19. The van der Waals surface area contributed by atoms with Gasteiger partial charge in [-0.25, -0.2) is 0 Å². The maximum Gasteiger partial charge on any atom is 0.274 e. The molecule has 1 saturated heterocycles. The zero-order valence-electron chi connectivity index (χ0n) is 16.5. The molecule has 3 heterocycles. The van der Waals surface area contributed by atoms with Gasteiger partial charge in [-0.1, -0.05) is 37.3 Å². The van der Waals surface area contributed by atoms with Crippen molar-refractivity contribution in [2.24, 2.45) is 0 Å². The van der Waals surface area contributed by atoms with E-state index in [-0.39, 0.29) is 17.7 Å². The van der Waals surface area contributed by atoms with Gasteiger partial charge < -0.3 is 9.80 Å². The Bertz CT molecular complexity index is 814. The molecule has 2 aliphatic heterocycles. The summed E-state index contributed by atoms with van der Waals surface area (Å²) < 4.78 is 1.97. The molecular formula is C22H28N4O2. The summed E-state index contributed by atoms with van der Waals surface area (Å²) in [5, 5.41) is 4.51. The van der Waals surface area contributed by atoms with E-state index in [0.29, 0.717) is 31.9 Å². The van der Waals surface area contributed by atoms with Gasteiger partial charge in [0.1, 0.15) is 0 Å². The summed E-state index contributed by atoms with van der Waals surface area (Å²) in [6.07, 6.45) is 4.08. The number of hydrogen-bond donors (Lipinski definition) is 0. The third-order valence-electron chi connectivity index (χ3n) is 5.92. The molecule has 0 N–H and O–H groups in total. The smallest absolute Gasteiger partial charge is 0.274 e. The first-order chi connectivity index (χ1) is 13.7. The fraction of sp³-hybridized carbons (Fsp3) is 0.500. The van der Waals surface area contributed by atoms with Crippen LogP contribution in [-0.2, 0) is 17.8 Å². The van der Waals surface area contributed by atoms with Gasteiger partial charge in [0.15, 0.2) is 5.69 Å². The molecule has 0 aliphatic carbocycles. The van der Waals surface area contributed by atoms with E-state index in [9.17, 15) is 9.59 Å². The number of amides is 2. The van der Waals surface area contributed by atoms with Gasteiger partial charge >= 0.3 is 0 Å². The van der Waals surface area contributed by atoms with Crippen LogP contribution in [0.3, 0.4) is 0 Å². The van der Waals surface area contributed by atoms with E-state index in [2.05, 4.69) is 12.0 Å². The van der Waals surface area contributed by atoms with Crippen LogP contribution in [0.25, 0.3) is 0 Å². The number of rotatable bonds is 4. The molecule has 6 nitrogen and oxygen atoms in total. The van der Waals surface area contributed by atoms with Crippen molar-refractivity contribution in [3.05, 3.63) is 53.3 Å². The van der Waals surface area contributed by atoms with Gasteiger partial charge in [-0.3, -0.25) is 14.3 Å². The van der Waals surface area contributed by atoms with E-state index < -0.39 is 0 Å². The van der Waals surface area contributed by atoms with Crippen molar-refractivity contribution >= 4 is 11.8 Å². The summed E-state index contributed by atoms with van der Waals surface area (Å²) in [5.74, 6) is 0.0469. The molecule has 148 valence electrons. The predicted molar refractivity (Wildman–Crippen MR) is 107 cm³/mol. The predicted octanol–water partition coefficient (Wildman–Crippen LogP) is 2.70. The van der Waals surface area contributed by atoms with Crippen LogP contribution in [0.2, 0.25) is 0 Å². The van der Waals surface area contributed by atoms with E-state index in [1.54, 1.807) is 0 Å². The summed E-state index contributed by atoms with van der Waals surface area (Å²) >= 11 is 0. The average molecular weight is 380 g/mol. The first-order valence-electron chi connectivity index (χ1n) is 10.4. The second-order valence-corrected chi connectivity index (χ2v) is 7.69. The molecule has 28 heavy (non-hydrogen) atoms. The van der Waals surface area contributed by atoms with Crippen LogP contribution >= 0.6 is 0 Å². The first kappa shape index (κ1) is 18.7. The molecule has 2 aliphatic rings. The molecule has 1 aromatic carbocycles. The Kier molecular flexibility index (Phi) is 5.46. The highest BCUT2D eigenvalue weighted by Crippen LogP contribution is 2.23. The Morgan fingerprint density at radius 3 is 2.39 bits per heavy atom. The van der Waals surface area contributed by atoms with Gasteiger partial charge in [0.2, 0.25) is 5.91 Å². The van der Waals surface area contributed by atoms with Crippen molar-refractivity contribution in [3.63, 3.8) is 0 Å². The lowest BCUT2D eigenvalue weighted by molar-refractivity contribution is -0.134. The van der Waals surface area contributed by atoms with Crippen LogP contribution in [0.5, 0.6) is 0 Å². The van der Waals surface area contributed by atoms with E-state index in [1.165, 1.54) is 6.42 Å². The monoisotopic (exact) mass is 380 g/mol. The Balaban J connectivity index is 1.38. The van der Waals surface area contributed by atoms with Crippen LogP contribution in [0.1, 0.15) is 53.8 Å². The number of carbonyl (C=O) groups is 2.